The number of carbonyl (C=O) groups excluding carboxylic acids is 1. The third-order valence-electron chi connectivity index (χ3n) is 3.72. The first-order valence-electron chi connectivity index (χ1n) is 6.28. The van der Waals surface area contributed by atoms with Crippen molar-refractivity contribution >= 4 is 17.5 Å². The molecule has 3 rings (SSSR count). The van der Waals surface area contributed by atoms with Gasteiger partial charge in [-0.2, -0.15) is 11.8 Å². The van der Waals surface area contributed by atoms with Gasteiger partial charge in [0.25, 0.3) is 0 Å². The molecule has 0 aromatic carbocycles. The maximum Gasteiger partial charge on any atom is 0.185 e. The third-order valence-corrected chi connectivity index (χ3v) is 5.34. The van der Waals surface area contributed by atoms with E-state index in [1.54, 1.807) is 18.6 Å². The van der Waals surface area contributed by atoms with Gasteiger partial charge < -0.3 is 0 Å². The van der Waals surface area contributed by atoms with Crippen LogP contribution in [0.4, 0.5) is 0 Å². The Balaban J connectivity index is 1.74. The minimum Gasteiger partial charge on any atom is -0.292 e. The number of nitrogens with zero attached hydrogens (tertiary/aromatic N) is 2. The maximum absolute atomic E-state index is 12.3. The van der Waals surface area contributed by atoms with Gasteiger partial charge in [0.2, 0.25) is 0 Å². The summed E-state index contributed by atoms with van der Waals surface area (Å²) in [6.45, 7) is 0. The molecule has 2 unspecified atom stereocenters. The number of thioether (sulfide) groups is 1. The second kappa shape index (κ2) is 4.77. The summed E-state index contributed by atoms with van der Waals surface area (Å²) in [6, 6.07) is 0. The molecule has 0 spiro atoms. The van der Waals surface area contributed by atoms with Gasteiger partial charge in [-0.25, -0.2) is 4.98 Å². The van der Waals surface area contributed by atoms with E-state index in [-0.39, 0.29) is 11.7 Å². The Kier molecular flexibility index (Phi) is 3.14. The van der Waals surface area contributed by atoms with E-state index in [0.717, 1.165) is 12.8 Å². The molecular formula is C13H16N2OS. The van der Waals surface area contributed by atoms with Crippen LogP contribution in [-0.2, 0) is 0 Å². The molecular weight excluding hydrogens is 232 g/mol. The van der Waals surface area contributed by atoms with Crippen molar-refractivity contribution in [3.05, 3.63) is 24.3 Å². The Hall–Kier alpha value is -0.900. The van der Waals surface area contributed by atoms with Gasteiger partial charge >= 0.3 is 0 Å². The lowest BCUT2D eigenvalue weighted by Crippen LogP contribution is -2.33. The molecule has 0 aliphatic carbocycles. The van der Waals surface area contributed by atoms with Gasteiger partial charge in [0.05, 0.1) is 6.20 Å². The van der Waals surface area contributed by atoms with E-state index in [1.807, 2.05) is 0 Å². The van der Waals surface area contributed by atoms with Gasteiger partial charge in [0.15, 0.2) is 5.78 Å². The molecule has 90 valence electrons. The Morgan fingerprint density at radius 1 is 1.24 bits per heavy atom. The van der Waals surface area contributed by atoms with E-state index in [1.165, 1.54) is 19.3 Å². The molecule has 2 aliphatic heterocycles. The van der Waals surface area contributed by atoms with E-state index in [0.29, 0.717) is 16.2 Å². The summed E-state index contributed by atoms with van der Waals surface area (Å²) in [5.41, 5.74) is 0.544. The van der Waals surface area contributed by atoms with E-state index >= 15 is 0 Å². The highest BCUT2D eigenvalue weighted by molar-refractivity contribution is 8.00. The van der Waals surface area contributed by atoms with Crippen molar-refractivity contribution in [3.63, 3.8) is 0 Å². The summed E-state index contributed by atoms with van der Waals surface area (Å²) in [4.78, 5) is 20.4. The lowest BCUT2D eigenvalue weighted by molar-refractivity contribution is 0.0891. The van der Waals surface area contributed by atoms with Crippen molar-refractivity contribution in [2.75, 3.05) is 0 Å². The van der Waals surface area contributed by atoms with Crippen molar-refractivity contribution in [3.8, 4) is 0 Å². The zero-order valence-corrected chi connectivity index (χ0v) is 10.5. The minimum atomic E-state index is 0.184. The van der Waals surface area contributed by atoms with E-state index < -0.39 is 0 Å². The van der Waals surface area contributed by atoms with Crippen LogP contribution in [0.5, 0.6) is 0 Å². The Morgan fingerprint density at radius 3 is 2.65 bits per heavy atom. The van der Waals surface area contributed by atoms with E-state index in [2.05, 4.69) is 21.7 Å². The molecule has 2 fully saturated rings. The quantitative estimate of drug-likeness (QED) is 0.755. The van der Waals surface area contributed by atoms with Crippen LogP contribution in [0.25, 0.3) is 0 Å². The van der Waals surface area contributed by atoms with Crippen LogP contribution in [-0.4, -0.2) is 26.3 Å². The van der Waals surface area contributed by atoms with Crippen molar-refractivity contribution in [1.29, 1.82) is 0 Å². The molecule has 2 bridgehead atoms. The molecule has 0 radical (unpaired) electrons. The molecule has 3 nitrogen and oxygen atoms in total. The van der Waals surface area contributed by atoms with Gasteiger partial charge in [-0.15, -0.1) is 0 Å². The standard InChI is InChI=1S/C13H16N2OS/c16-13(12-8-14-4-5-15-12)9-6-10-2-1-3-11(7-9)17-10/h4-5,8-11H,1-3,6-7H2. The average Bonchev–Trinajstić information content (AvgIpc) is 2.38. The smallest absolute Gasteiger partial charge is 0.185 e. The summed E-state index contributed by atoms with van der Waals surface area (Å²) in [5.74, 6) is 0.388. The van der Waals surface area contributed by atoms with Crippen molar-refractivity contribution in [2.45, 2.75) is 42.6 Å². The topological polar surface area (TPSA) is 42.9 Å². The van der Waals surface area contributed by atoms with Crippen molar-refractivity contribution in [1.82, 2.24) is 9.97 Å². The second-order valence-electron chi connectivity index (χ2n) is 4.93. The number of fused-ring (bicyclic) bond motifs is 2. The molecule has 17 heavy (non-hydrogen) atoms. The molecule has 2 aliphatic rings. The van der Waals surface area contributed by atoms with Crippen molar-refractivity contribution < 1.29 is 4.79 Å². The summed E-state index contributed by atoms with van der Waals surface area (Å²) >= 11 is 2.10. The lowest BCUT2D eigenvalue weighted by atomic mass is 9.86. The molecule has 2 saturated heterocycles. The van der Waals surface area contributed by atoms with Crippen LogP contribution in [0.15, 0.2) is 18.6 Å². The van der Waals surface area contributed by atoms with Crippen LogP contribution in [0, 0.1) is 5.92 Å². The molecule has 0 amide bonds. The van der Waals surface area contributed by atoms with Gasteiger partial charge in [0, 0.05) is 28.8 Å². The summed E-state index contributed by atoms with van der Waals surface area (Å²) < 4.78 is 0. The highest BCUT2D eigenvalue weighted by Crippen LogP contribution is 2.44. The summed E-state index contributed by atoms with van der Waals surface area (Å²) in [6.07, 6.45) is 10.8. The van der Waals surface area contributed by atoms with Gasteiger partial charge in [-0.3, -0.25) is 9.78 Å². The molecule has 0 N–H and O–H groups in total. The number of carbonyl (C=O) groups is 1. The first kappa shape index (κ1) is 11.2. The van der Waals surface area contributed by atoms with E-state index in [4.69, 9.17) is 0 Å². The average molecular weight is 248 g/mol. The predicted octanol–water partition coefficient (Wildman–Crippen LogP) is 2.72. The molecule has 0 saturated carbocycles. The van der Waals surface area contributed by atoms with Gasteiger partial charge in [-0.05, 0) is 25.7 Å². The Bertz CT molecular complexity index is 397. The van der Waals surface area contributed by atoms with Crippen LogP contribution >= 0.6 is 11.8 Å². The largest absolute Gasteiger partial charge is 0.292 e. The minimum absolute atomic E-state index is 0.184. The summed E-state index contributed by atoms with van der Waals surface area (Å²) in [7, 11) is 0. The zero-order valence-electron chi connectivity index (χ0n) is 9.71. The number of Topliss-reactive ketones (excluding diaryl/α,β-unsaturated/α-hetero) is 1. The Labute approximate surface area is 105 Å². The highest BCUT2D eigenvalue weighted by atomic mass is 32.2. The second-order valence-corrected chi connectivity index (χ2v) is 6.54. The summed E-state index contributed by atoms with van der Waals surface area (Å²) in [5, 5.41) is 1.40. The van der Waals surface area contributed by atoms with Crippen LogP contribution < -0.4 is 0 Å². The van der Waals surface area contributed by atoms with Crippen LogP contribution in [0.1, 0.15) is 42.6 Å². The lowest BCUT2D eigenvalue weighted by Gasteiger charge is -2.37. The molecule has 1 aromatic rings. The molecule has 2 atom stereocenters. The van der Waals surface area contributed by atoms with Crippen LogP contribution in [0.3, 0.4) is 0 Å². The number of aromatic nitrogens is 2. The predicted molar refractivity (Wildman–Crippen MR) is 68.1 cm³/mol. The number of ketones is 1. The van der Waals surface area contributed by atoms with Gasteiger partial charge in [0.1, 0.15) is 5.69 Å². The first-order valence-corrected chi connectivity index (χ1v) is 7.23. The first-order chi connectivity index (χ1) is 8.33. The molecule has 3 heterocycles. The fourth-order valence-corrected chi connectivity index (χ4v) is 4.75. The SMILES string of the molecule is O=C(c1cnccn1)C1CC2CCCC(C1)S2. The monoisotopic (exact) mass is 248 g/mol. The fourth-order valence-electron chi connectivity index (χ4n) is 2.91. The number of rotatable bonds is 2. The normalized spacial score (nSPS) is 32.1. The van der Waals surface area contributed by atoms with Crippen molar-refractivity contribution in [2.24, 2.45) is 5.92 Å². The van der Waals surface area contributed by atoms with Crippen LogP contribution in [0.2, 0.25) is 0 Å². The number of hydrogen-bond donors (Lipinski definition) is 0. The molecule has 1 aromatic heterocycles. The highest BCUT2D eigenvalue weighted by Gasteiger charge is 2.36. The van der Waals surface area contributed by atoms with E-state index in [9.17, 15) is 4.79 Å². The van der Waals surface area contributed by atoms with Gasteiger partial charge in [-0.1, -0.05) is 6.42 Å². The number of hydrogen-bond acceptors (Lipinski definition) is 4. The zero-order chi connectivity index (χ0) is 11.7. The molecule has 4 heteroatoms. The Morgan fingerprint density at radius 2 is 2.00 bits per heavy atom. The fraction of sp³-hybridized carbons (Fsp3) is 0.615. The maximum atomic E-state index is 12.3. The third kappa shape index (κ3) is 2.37.